The van der Waals surface area contributed by atoms with Gasteiger partial charge >= 0.3 is 0 Å². The second kappa shape index (κ2) is 6.90. The highest BCUT2D eigenvalue weighted by Crippen LogP contribution is 2.27. The number of hydrogen-bond donors (Lipinski definition) is 2. The highest BCUT2D eigenvalue weighted by Gasteiger charge is 2.15. The van der Waals surface area contributed by atoms with Crippen LogP contribution < -0.4 is 16.2 Å². The number of hydrogen-bond acceptors (Lipinski definition) is 5. The molecule has 0 aliphatic heterocycles. The fraction of sp³-hybridized carbons (Fsp3) is 0.0588. The lowest BCUT2D eigenvalue weighted by Gasteiger charge is -2.11. The zero-order valence-electron chi connectivity index (χ0n) is 12.8. The van der Waals surface area contributed by atoms with E-state index < -0.39 is 11.6 Å². The molecule has 0 fully saturated rings. The topological polar surface area (TPSA) is 87.0 Å². The molecule has 3 aromatic rings. The molecule has 3 rings (SSSR count). The number of aromatic nitrogens is 2. The monoisotopic (exact) mass is 362 g/mol. The van der Waals surface area contributed by atoms with Gasteiger partial charge in [-0.15, -0.1) is 0 Å². The molecule has 1 aromatic heterocycles. The summed E-state index contributed by atoms with van der Waals surface area (Å²) >= 11 is 5.77. The molecular formula is C17H13ClF2N4O. The molecule has 25 heavy (non-hydrogen) atoms. The van der Waals surface area contributed by atoms with E-state index in [1.807, 2.05) is 0 Å². The molecule has 0 saturated heterocycles. The third-order valence-electron chi connectivity index (χ3n) is 3.44. The van der Waals surface area contributed by atoms with Gasteiger partial charge in [-0.05, 0) is 24.3 Å². The van der Waals surface area contributed by atoms with Crippen molar-refractivity contribution in [3.63, 3.8) is 0 Å². The Labute approximate surface area is 147 Å². The van der Waals surface area contributed by atoms with Gasteiger partial charge in [-0.1, -0.05) is 23.7 Å². The molecule has 0 radical (unpaired) electrons. The van der Waals surface area contributed by atoms with E-state index >= 15 is 0 Å². The SMILES string of the molecule is Nc1cccc(-c2cnc(N)c(OCc3c(F)ccc(F)c3Cl)n2)c1. The largest absolute Gasteiger partial charge is 0.470 e. The van der Waals surface area contributed by atoms with Crippen LogP contribution in [0.2, 0.25) is 5.02 Å². The Bertz CT molecular complexity index is 937. The van der Waals surface area contributed by atoms with E-state index in [2.05, 4.69) is 9.97 Å². The normalized spacial score (nSPS) is 10.7. The van der Waals surface area contributed by atoms with Gasteiger partial charge in [-0.2, -0.15) is 0 Å². The van der Waals surface area contributed by atoms with Gasteiger partial charge in [0.25, 0.3) is 5.88 Å². The van der Waals surface area contributed by atoms with Gasteiger partial charge in [0.15, 0.2) is 5.82 Å². The van der Waals surface area contributed by atoms with E-state index in [4.69, 9.17) is 27.8 Å². The molecule has 0 bridgehead atoms. The zero-order chi connectivity index (χ0) is 18.0. The van der Waals surface area contributed by atoms with Gasteiger partial charge in [0.1, 0.15) is 18.2 Å². The van der Waals surface area contributed by atoms with Crippen LogP contribution >= 0.6 is 11.6 Å². The Morgan fingerprint density at radius 3 is 2.60 bits per heavy atom. The fourth-order valence-corrected chi connectivity index (χ4v) is 2.37. The van der Waals surface area contributed by atoms with Crippen LogP contribution in [0.5, 0.6) is 5.88 Å². The van der Waals surface area contributed by atoms with Crippen molar-refractivity contribution in [1.29, 1.82) is 0 Å². The molecule has 0 aliphatic carbocycles. The predicted molar refractivity (Wildman–Crippen MR) is 92.0 cm³/mol. The predicted octanol–water partition coefficient (Wildman–Crippen LogP) is 3.82. The smallest absolute Gasteiger partial charge is 0.258 e. The van der Waals surface area contributed by atoms with Gasteiger partial charge in [-0.3, -0.25) is 0 Å². The lowest BCUT2D eigenvalue weighted by atomic mass is 10.1. The summed E-state index contributed by atoms with van der Waals surface area (Å²) in [5.41, 5.74) is 13.1. The molecule has 0 aliphatic rings. The minimum Gasteiger partial charge on any atom is -0.470 e. The number of halogens is 3. The van der Waals surface area contributed by atoms with Crippen LogP contribution in [0.1, 0.15) is 5.56 Å². The van der Waals surface area contributed by atoms with Crippen LogP contribution in [0.4, 0.5) is 20.3 Å². The van der Waals surface area contributed by atoms with Crippen molar-refractivity contribution in [2.75, 3.05) is 11.5 Å². The molecule has 2 aromatic carbocycles. The van der Waals surface area contributed by atoms with Gasteiger partial charge in [0.2, 0.25) is 0 Å². The van der Waals surface area contributed by atoms with Crippen LogP contribution in [0.25, 0.3) is 11.3 Å². The van der Waals surface area contributed by atoms with Crippen molar-refractivity contribution in [2.24, 2.45) is 0 Å². The molecule has 0 atom stereocenters. The summed E-state index contributed by atoms with van der Waals surface area (Å²) in [5, 5.41) is -0.349. The second-order valence-electron chi connectivity index (χ2n) is 5.18. The summed E-state index contributed by atoms with van der Waals surface area (Å²) in [5.74, 6) is -1.43. The lowest BCUT2D eigenvalue weighted by molar-refractivity contribution is 0.288. The summed E-state index contributed by atoms with van der Waals surface area (Å²) in [6, 6.07) is 8.93. The Hall–Kier alpha value is -2.93. The Morgan fingerprint density at radius 2 is 1.84 bits per heavy atom. The molecule has 128 valence electrons. The number of ether oxygens (including phenoxy) is 1. The van der Waals surface area contributed by atoms with E-state index in [1.165, 1.54) is 6.20 Å². The molecule has 0 unspecified atom stereocenters. The fourth-order valence-electron chi connectivity index (χ4n) is 2.17. The van der Waals surface area contributed by atoms with E-state index in [0.29, 0.717) is 16.9 Å². The van der Waals surface area contributed by atoms with E-state index in [1.54, 1.807) is 24.3 Å². The van der Waals surface area contributed by atoms with E-state index in [-0.39, 0.29) is 28.9 Å². The molecule has 4 N–H and O–H groups in total. The zero-order valence-corrected chi connectivity index (χ0v) is 13.6. The van der Waals surface area contributed by atoms with Crippen LogP contribution in [-0.4, -0.2) is 9.97 Å². The molecule has 0 spiro atoms. The van der Waals surface area contributed by atoms with Crippen molar-refractivity contribution in [1.82, 2.24) is 9.97 Å². The molecule has 1 heterocycles. The summed E-state index contributed by atoms with van der Waals surface area (Å²) < 4.78 is 32.7. The van der Waals surface area contributed by atoms with Gasteiger partial charge in [0, 0.05) is 16.8 Å². The van der Waals surface area contributed by atoms with Gasteiger partial charge < -0.3 is 16.2 Å². The average Bonchev–Trinajstić information content (AvgIpc) is 2.60. The van der Waals surface area contributed by atoms with Crippen LogP contribution in [0.3, 0.4) is 0 Å². The first-order chi connectivity index (χ1) is 12.0. The number of nitrogens with two attached hydrogens (primary N) is 2. The third kappa shape index (κ3) is 3.61. The van der Waals surface area contributed by atoms with Crippen LogP contribution in [0, 0.1) is 11.6 Å². The highest BCUT2D eigenvalue weighted by molar-refractivity contribution is 6.31. The maximum Gasteiger partial charge on any atom is 0.258 e. The van der Waals surface area contributed by atoms with Crippen molar-refractivity contribution in [2.45, 2.75) is 6.61 Å². The van der Waals surface area contributed by atoms with Crippen molar-refractivity contribution in [3.8, 4) is 17.1 Å². The van der Waals surface area contributed by atoms with Crippen LogP contribution in [0.15, 0.2) is 42.6 Å². The summed E-state index contributed by atoms with van der Waals surface area (Å²) in [4.78, 5) is 8.26. The maximum absolute atomic E-state index is 13.8. The molecule has 5 nitrogen and oxygen atoms in total. The van der Waals surface area contributed by atoms with Crippen molar-refractivity contribution < 1.29 is 13.5 Å². The minimum atomic E-state index is -0.741. The first-order valence-corrected chi connectivity index (χ1v) is 7.57. The number of nitrogens with zero attached hydrogens (tertiary/aromatic N) is 2. The van der Waals surface area contributed by atoms with E-state index in [9.17, 15) is 8.78 Å². The molecule has 8 heteroatoms. The minimum absolute atomic E-state index is 0.0142. The maximum atomic E-state index is 13.8. The van der Waals surface area contributed by atoms with Crippen molar-refractivity contribution in [3.05, 3.63) is 64.8 Å². The first-order valence-electron chi connectivity index (χ1n) is 7.19. The number of rotatable bonds is 4. The lowest BCUT2D eigenvalue weighted by Crippen LogP contribution is -2.06. The van der Waals surface area contributed by atoms with Crippen LogP contribution in [-0.2, 0) is 6.61 Å². The second-order valence-corrected chi connectivity index (χ2v) is 5.56. The molecular weight excluding hydrogens is 350 g/mol. The van der Waals surface area contributed by atoms with Crippen molar-refractivity contribution >= 4 is 23.1 Å². The summed E-state index contributed by atoms with van der Waals surface area (Å²) in [6.07, 6.45) is 1.46. The molecule has 0 saturated carbocycles. The number of anilines is 2. The molecule has 0 amide bonds. The number of nitrogen functional groups attached to an aromatic ring is 2. The van der Waals surface area contributed by atoms with Gasteiger partial charge in [0.05, 0.1) is 16.9 Å². The summed E-state index contributed by atoms with van der Waals surface area (Å²) in [7, 11) is 0. The summed E-state index contributed by atoms with van der Waals surface area (Å²) in [6.45, 7) is -0.346. The Kier molecular flexibility index (Phi) is 4.67. The Balaban J connectivity index is 1.89. The quantitative estimate of drug-likeness (QED) is 0.544. The van der Waals surface area contributed by atoms with E-state index in [0.717, 1.165) is 12.1 Å². The third-order valence-corrected chi connectivity index (χ3v) is 3.85. The van der Waals surface area contributed by atoms with Gasteiger partial charge in [-0.25, -0.2) is 18.7 Å². The average molecular weight is 363 g/mol. The highest BCUT2D eigenvalue weighted by atomic mass is 35.5. The first kappa shape index (κ1) is 16.9. The Morgan fingerprint density at radius 1 is 1.08 bits per heavy atom. The standard InChI is InChI=1S/C17H13ClF2N4O/c18-15-11(12(19)4-5-13(15)20)8-25-17-16(22)23-7-14(24-17)9-2-1-3-10(21)6-9/h1-7H,8,21H2,(H2,22,23). The number of benzene rings is 2.